The molecule has 1 aliphatic rings. The van der Waals surface area contributed by atoms with Crippen molar-refractivity contribution in [3.05, 3.63) is 53.1 Å². The number of ether oxygens (including phenoxy) is 3. The van der Waals surface area contributed by atoms with Crippen LogP contribution in [0, 0.1) is 11.6 Å². The van der Waals surface area contributed by atoms with Crippen molar-refractivity contribution in [2.45, 2.75) is 38.8 Å². The van der Waals surface area contributed by atoms with Gasteiger partial charge < -0.3 is 19.5 Å². The Morgan fingerprint density at radius 1 is 1.06 bits per heavy atom. The number of nitrogens with zero attached hydrogens (tertiary/aromatic N) is 1. The molecule has 32 heavy (non-hydrogen) atoms. The molecular formula is C23H26F2N2O5. The van der Waals surface area contributed by atoms with Crippen molar-refractivity contribution in [1.29, 1.82) is 0 Å². The van der Waals surface area contributed by atoms with E-state index in [0.29, 0.717) is 34.7 Å². The number of fused-ring (bicyclic) bond motifs is 1. The van der Waals surface area contributed by atoms with Gasteiger partial charge in [-0.25, -0.2) is 13.6 Å². The maximum atomic E-state index is 13.5. The van der Waals surface area contributed by atoms with E-state index >= 15 is 0 Å². The van der Waals surface area contributed by atoms with Gasteiger partial charge in [-0.15, -0.1) is 0 Å². The Hall–Kier alpha value is -3.36. The summed E-state index contributed by atoms with van der Waals surface area (Å²) in [5.74, 6) is -1.57. The molecule has 7 nitrogen and oxygen atoms in total. The Labute approximate surface area is 185 Å². The Bertz CT molecular complexity index is 994. The van der Waals surface area contributed by atoms with E-state index in [1.807, 2.05) is 6.92 Å². The van der Waals surface area contributed by atoms with E-state index in [1.54, 1.807) is 19.1 Å². The van der Waals surface area contributed by atoms with Gasteiger partial charge >= 0.3 is 6.09 Å². The zero-order chi connectivity index (χ0) is 23.4. The fourth-order valence-electron chi connectivity index (χ4n) is 3.93. The molecule has 2 unspecified atom stereocenters. The molecule has 0 aliphatic carbocycles. The van der Waals surface area contributed by atoms with Crippen LogP contribution < -0.4 is 19.7 Å². The molecule has 1 heterocycles. The van der Waals surface area contributed by atoms with Crippen molar-refractivity contribution in [3.63, 3.8) is 0 Å². The lowest BCUT2D eigenvalue weighted by molar-refractivity contribution is -0.123. The highest BCUT2D eigenvalue weighted by atomic mass is 19.1. The van der Waals surface area contributed by atoms with Gasteiger partial charge in [0.2, 0.25) is 5.91 Å². The minimum atomic E-state index is -0.715. The summed E-state index contributed by atoms with van der Waals surface area (Å²) in [4.78, 5) is 27.2. The van der Waals surface area contributed by atoms with Crippen LogP contribution in [-0.2, 0) is 16.1 Å². The molecule has 3 rings (SSSR count). The van der Waals surface area contributed by atoms with Gasteiger partial charge in [-0.2, -0.15) is 0 Å². The maximum absolute atomic E-state index is 13.5. The second-order valence-corrected chi connectivity index (χ2v) is 7.47. The highest BCUT2D eigenvalue weighted by Gasteiger charge is 2.39. The summed E-state index contributed by atoms with van der Waals surface area (Å²) in [6, 6.07) is 6.06. The lowest BCUT2D eigenvalue weighted by atomic mass is 9.85. The summed E-state index contributed by atoms with van der Waals surface area (Å²) >= 11 is 0. The molecule has 0 aromatic heterocycles. The van der Waals surface area contributed by atoms with Crippen LogP contribution in [0.5, 0.6) is 11.5 Å². The van der Waals surface area contributed by atoms with E-state index in [9.17, 15) is 18.4 Å². The van der Waals surface area contributed by atoms with Crippen LogP contribution in [0.4, 0.5) is 19.3 Å². The molecular weight excluding hydrogens is 422 g/mol. The van der Waals surface area contributed by atoms with Crippen molar-refractivity contribution in [3.8, 4) is 11.5 Å². The third kappa shape index (κ3) is 4.76. The quantitative estimate of drug-likeness (QED) is 0.719. The van der Waals surface area contributed by atoms with Crippen LogP contribution in [0.3, 0.4) is 0 Å². The minimum Gasteiger partial charge on any atom is -0.493 e. The van der Waals surface area contributed by atoms with E-state index in [0.717, 1.165) is 18.2 Å². The molecule has 2 atom stereocenters. The smallest absolute Gasteiger partial charge is 0.414 e. The van der Waals surface area contributed by atoms with Crippen LogP contribution in [0.15, 0.2) is 30.3 Å². The highest BCUT2D eigenvalue weighted by molar-refractivity contribution is 5.95. The monoisotopic (exact) mass is 448 g/mol. The second-order valence-electron chi connectivity index (χ2n) is 7.47. The van der Waals surface area contributed by atoms with Gasteiger partial charge in [0.1, 0.15) is 11.6 Å². The van der Waals surface area contributed by atoms with Crippen molar-refractivity contribution < 1.29 is 32.6 Å². The number of halogens is 2. The van der Waals surface area contributed by atoms with E-state index in [2.05, 4.69) is 5.32 Å². The Morgan fingerprint density at radius 3 is 2.28 bits per heavy atom. The van der Waals surface area contributed by atoms with Gasteiger partial charge in [0, 0.05) is 24.7 Å². The van der Waals surface area contributed by atoms with Crippen LogP contribution in [-0.4, -0.2) is 38.9 Å². The fourth-order valence-corrected chi connectivity index (χ4v) is 3.93. The summed E-state index contributed by atoms with van der Waals surface area (Å²) in [6.45, 7) is 3.70. The van der Waals surface area contributed by atoms with Crippen LogP contribution in [0.2, 0.25) is 0 Å². The molecule has 2 amide bonds. The van der Waals surface area contributed by atoms with E-state index in [1.165, 1.54) is 19.1 Å². The number of rotatable bonds is 6. The highest BCUT2D eigenvalue weighted by Crippen LogP contribution is 2.44. The van der Waals surface area contributed by atoms with Crippen LogP contribution in [0.1, 0.15) is 37.3 Å². The summed E-state index contributed by atoms with van der Waals surface area (Å²) in [6.07, 6.45) is -0.201. The average molecular weight is 448 g/mol. The number of anilines is 1. The molecule has 1 aliphatic heterocycles. The Kier molecular flexibility index (Phi) is 7.17. The predicted octanol–water partition coefficient (Wildman–Crippen LogP) is 4.14. The molecule has 0 radical (unpaired) electrons. The number of methoxy groups -OCH3 is 2. The lowest BCUT2D eigenvalue weighted by Crippen LogP contribution is -2.46. The van der Waals surface area contributed by atoms with Gasteiger partial charge in [0.25, 0.3) is 0 Å². The number of amides is 2. The molecule has 2 aromatic carbocycles. The minimum absolute atomic E-state index is 0.0391. The second kappa shape index (κ2) is 9.84. The molecule has 0 saturated carbocycles. The van der Waals surface area contributed by atoms with Crippen molar-refractivity contribution in [1.82, 2.24) is 5.32 Å². The van der Waals surface area contributed by atoms with E-state index in [-0.39, 0.29) is 25.1 Å². The summed E-state index contributed by atoms with van der Waals surface area (Å²) in [7, 11) is 2.96. The molecule has 0 spiro atoms. The summed E-state index contributed by atoms with van der Waals surface area (Å²) < 4.78 is 42.9. The predicted molar refractivity (Wildman–Crippen MR) is 114 cm³/mol. The summed E-state index contributed by atoms with van der Waals surface area (Å²) in [5.41, 5.74) is 1.36. The molecule has 9 heteroatoms. The maximum Gasteiger partial charge on any atom is 0.414 e. The first-order chi connectivity index (χ1) is 15.3. The standard InChI is InChI=1S/C23H26F2N2O5/c1-5-32-23(29)27-13(2)6-18(17-10-20(30-3)21(31-4)11-19(17)27)22(28)26-12-14-7-15(24)9-16(25)8-14/h7-11,13,18H,5-6,12H2,1-4H3,(H,26,28). The zero-order valence-electron chi connectivity index (χ0n) is 18.4. The van der Waals surface area contributed by atoms with Gasteiger partial charge in [-0.3, -0.25) is 9.69 Å². The lowest BCUT2D eigenvalue weighted by Gasteiger charge is -2.38. The first-order valence-corrected chi connectivity index (χ1v) is 10.2. The van der Waals surface area contributed by atoms with Crippen LogP contribution in [0.25, 0.3) is 0 Å². The number of carbonyl (C=O) groups excluding carboxylic acids is 2. The molecule has 1 N–H and O–H groups in total. The summed E-state index contributed by atoms with van der Waals surface area (Å²) in [5, 5.41) is 2.74. The van der Waals surface area contributed by atoms with Gasteiger partial charge in [-0.1, -0.05) is 0 Å². The number of hydrogen-bond acceptors (Lipinski definition) is 5. The van der Waals surface area contributed by atoms with Crippen molar-refractivity contribution in [2.24, 2.45) is 0 Å². The number of hydrogen-bond donors (Lipinski definition) is 1. The Balaban J connectivity index is 1.95. The number of benzene rings is 2. The van der Waals surface area contributed by atoms with Gasteiger partial charge in [0.15, 0.2) is 11.5 Å². The van der Waals surface area contributed by atoms with E-state index in [4.69, 9.17) is 14.2 Å². The molecule has 172 valence electrons. The third-order valence-electron chi connectivity index (χ3n) is 5.36. The van der Waals surface area contributed by atoms with Crippen molar-refractivity contribution in [2.75, 3.05) is 25.7 Å². The van der Waals surface area contributed by atoms with Crippen LogP contribution >= 0.6 is 0 Å². The third-order valence-corrected chi connectivity index (χ3v) is 5.36. The molecule has 2 aromatic rings. The van der Waals surface area contributed by atoms with Crippen molar-refractivity contribution >= 4 is 17.7 Å². The average Bonchev–Trinajstić information content (AvgIpc) is 2.75. The SMILES string of the molecule is CCOC(=O)N1c2cc(OC)c(OC)cc2C(C(=O)NCc2cc(F)cc(F)c2)CC1C. The first kappa shape index (κ1) is 23.3. The largest absolute Gasteiger partial charge is 0.493 e. The number of nitrogens with one attached hydrogen (secondary N) is 1. The molecule has 0 saturated heterocycles. The van der Waals surface area contributed by atoms with Gasteiger partial charge in [-0.05, 0) is 49.6 Å². The topological polar surface area (TPSA) is 77.1 Å². The van der Waals surface area contributed by atoms with E-state index < -0.39 is 23.6 Å². The molecule has 0 fully saturated rings. The number of carbonyl (C=O) groups is 2. The first-order valence-electron chi connectivity index (χ1n) is 10.2. The Morgan fingerprint density at radius 2 is 1.69 bits per heavy atom. The van der Waals surface area contributed by atoms with Gasteiger partial charge in [0.05, 0.1) is 32.4 Å². The fraction of sp³-hybridized carbons (Fsp3) is 0.391. The molecule has 0 bridgehead atoms. The normalized spacial score (nSPS) is 17.4. The zero-order valence-corrected chi connectivity index (χ0v) is 18.4.